The van der Waals surface area contributed by atoms with Crippen LogP contribution in [0.3, 0.4) is 0 Å². The normalized spacial score (nSPS) is 10.7. The Morgan fingerprint density at radius 2 is 1.45 bits per heavy atom. The summed E-state index contributed by atoms with van der Waals surface area (Å²) in [6, 6.07) is 11.6. The Morgan fingerprint density at radius 1 is 0.828 bits per heavy atom. The number of nitrogens with one attached hydrogen (secondary N) is 3. The highest BCUT2D eigenvalue weighted by molar-refractivity contribution is 6.14. The van der Waals surface area contributed by atoms with E-state index in [-0.39, 0.29) is 5.91 Å². The predicted molar refractivity (Wildman–Crippen MR) is 111 cm³/mol. The Morgan fingerprint density at radius 3 is 2.03 bits per heavy atom. The molecule has 8 nitrogen and oxygen atoms in total. The maximum Gasteiger partial charge on any atom is 0.239 e. The zero-order chi connectivity index (χ0) is 21.6. The fourth-order valence-electron chi connectivity index (χ4n) is 2.46. The molecule has 2 rings (SSSR count). The quantitative estimate of drug-likeness (QED) is 0.620. The van der Waals surface area contributed by atoms with E-state index in [1.165, 1.54) is 35.0 Å². The van der Waals surface area contributed by atoms with E-state index in [2.05, 4.69) is 16.0 Å². The van der Waals surface area contributed by atoms with Crippen molar-refractivity contribution >= 4 is 34.8 Å². The molecule has 0 atom stereocenters. The second kappa shape index (κ2) is 9.09. The fraction of sp³-hybridized carbons (Fsp3) is 0.286. The lowest BCUT2D eigenvalue weighted by Crippen LogP contribution is -2.41. The third kappa shape index (κ3) is 5.47. The molecule has 2 aromatic rings. The van der Waals surface area contributed by atoms with Gasteiger partial charge in [-0.1, -0.05) is 6.07 Å². The first-order valence-corrected chi connectivity index (χ1v) is 8.90. The summed E-state index contributed by atoms with van der Waals surface area (Å²) in [5.41, 5.74) is 0.00287. The molecule has 0 fully saturated rings. The molecule has 0 heterocycles. The standard InChI is InChI=1S/C21H25N3O5/c1-13(25)22-14-7-6-8-15(11-14)23-19(26)21(2,3)20(27)24-17-12-16(28-4)9-10-18(17)29-5/h6-12H,1-5H3,(H,22,25)(H,23,26)(H,24,27). The largest absolute Gasteiger partial charge is 0.497 e. The second-order valence-electron chi connectivity index (χ2n) is 6.86. The molecule has 154 valence electrons. The van der Waals surface area contributed by atoms with Crippen LogP contribution in [-0.2, 0) is 14.4 Å². The summed E-state index contributed by atoms with van der Waals surface area (Å²) in [5.74, 6) is -0.256. The van der Waals surface area contributed by atoms with Gasteiger partial charge in [0.25, 0.3) is 0 Å². The number of hydrogen-bond donors (Lipinski definition) is 3. The van der Waals surface area contributed by atoms with Crippen molar-refractivity contribution in [1.82, 2.24) is 0 Å². The molecular formula is C21H25N3O5. The molecule has 8 heteroatoms. The third-order valence-corrected chi connectivity index (χ3v) is 4.23. The number of carbonyl (C=O) groups excluding carboxylic acids is 3. The van der Waals surface area contributed by atoms with E-state index in [1.807, 2.05) is 0 Å². The van der Waals surface area contributed by atoms with Crippen molar-refractivity contribution in [1.29, 1.82) is 0 Å². The van der Waals surface area contributed by atoms with Crippen LogP contribution in [0.25, 0.3) is 0 Å². The summed E-state index contributed by atoms with van der Waals surface area (Å²) in [4.78, 5) is 36.8. The third-order valence-electron chi connectivity index (χ3n) is 4.23. The number of rotatable bonds is 7. The molecule has 2 aromatic carbocycles. The van der Waals surface area contributed by atoms with E-state index in [1.54, 1.807) is 42.5 Å². The van der Waals surface area contributed by atoms with Gasteiger partial charge in [0.1, 0.15) is 16.9 Å². The summed E-state index contributed by atoms with van der Waals surface area (Å²) >= 11 is 0. The SMILES string of the molecule is COc1ccc(OC)c(NC(=O)C(C)(C)C(=O)Nc2cccc(NC(C)=O)c2)c1. The van der Waals surface area contributed by atoms with E-state index in [9.17, 15) is 14.4 Å². The molecule has 0 aliphatic carbocycles. The van der Waals surface area contributed by atoms with Gasteiger partial charge in [0.15, 0.2) is 0 Å². The van der Waals surface area contributed by atoms with Crippen LogP contribution < -0.4 is 25.4 Å². The first-order valence-electron chi connectivity index (χ1n) is 8.90. The van der Waals surface area contributed by atoms with Crippen molar-refractivity contribution in [2.45, 2.75) is 20.8 Å². The summed E-state index contributed by atoms with van der Waals surface area (Å²) in [5, 5.41) is 8.07. The molecule has 0 aliphatic rings. The molecule has 3 amide bonds. The average Bonchev–Trinajstić information content (AvgIpc) is 2.67. The summed E-state index contributed by atoms with van der Waals surface area (Å²) in [6.45, 7) is 4.43. The minimum absolute atomic E-state index is 0.222. The van der Waals surface area contributed by atoms with Gasteiger partial charge in [0.05, 0.1) is 19.9 Å². The maximum absolute atomic E-state index is 12.8. The van der Waals surface area contributed by atoms with E-state index in [4.69, 9.17) is 9.47 Å². The van der Waals surface area contributed by atoms with Crippen LogP contribution >= 0.6 is 0 Å². The van der Waals surface area contributed by atoms with E-state index < -0.39 is 17.2 Å². The van der Waals surface area contributed by atoms with Crippen molar-refractivity contribution in [2.75, 3.05) is 30.2 Å². The van der Waals surface area contributed by atoms with Gasteiger partial charge in [0, 0.05) is 24.4 Å². The maximum atomic E-state index is 12.8. The number of methoxy groups -OCH3 is 2. The lowest BCUT2D eigenvalue weighted by atomic mass is 9.90. The minimum atomic E-state index is -1.39. The molecule has 0 spiro atoms. The first kappa shape index (κ1) is 21.7. The van der Waals surface area contributed by atoms with Crippen LogP contribution in [0.5, 0.6) is 11.5 Å². The second-order valence-corrected chi connectivity index (χ2v) is 6.86. The van der Waals surface area contributed by atoms with Crippen molar-refractivity contribution < 1.29 is 23.9 Å². The molecule has 0 radical (unpaired) electrons. The van der Waals surface area contributed by atoms with Gasteiger partial charge in [-0.05, 0) is 44.2 Å². The highest BCUT2D eigenvalue weighted by Crippen LogP contribution is 2.31. The Balaban J connectivity index is 2.16. The molecule has 0 aromatic heterocycles. The van der Waals surface area contributed by atoms with Crippen LogP contribution in [0.2, 0.25) is 0 Å². The zero-order valence-corrected chi connectivity index (χ0v) is 17.1. The molecular weight excluding hydrogens is 374 g/mol. The molecule has 0 bridgehead atoms. The highest BCUT2D eigenvalue weighted by Gasteiger charge is 2.36. The summed E-state index contributed by atoms with van der Waals surface area (Å²) in [7, 11) is 3.00. The Kier molecular flexibility index (Phi) is 6.82. The Hall–Kier alpha value is -3.55. The monoisotopic (exact) mass is 399 g/mol. The Labute approximate surface area is 169 Å². The van der Waals surface area contributed by atoms with Gasteiger partial charge in [-0.3, -0.25) is 14.4 Å². The number of anilines is 3. The zero-order valence-electron chi connectivity index (χ0n) is 17.1. The molecule has 0 saturated heterocycles. The molecule has 0 unspecified atom stereocenters. The number of benzene rings is 2. The topological polar surface area (TPSA) is 106 Å². The van der Waals surface area contributed by atoms with E-state index in [0.29, 0.717) is 28.6 Å². The van der Waals surface area contributed by atoms with Crippen LogP contribution in [-0.4, -0.2) is 31.9 Å². The van der Waals surface area contributed by atoms with Gasteiger partial charge in [0.2, 0.25) is 17.7 Å². The summed E-state index contributed by atoms with van der Waals surface area (Å²) < 4.78 is 10.4. The molecule has 3 N–H and O–H groups in total. The van der Waals surface area contributed by atoms with Gasteiger partial charge in [-0.25, -0.2) is 0 Å². The molecule has 29 heavy (non-hydrogen) atoms. The Bertz CT molecular complexity index is 924. The van der Waals surface area contributed by atoms with E-state index >= 15 is 0 Å². The van der Waals surface area contributed by atoms with Crippen LogP contribution in [0.4, 0.5) is 17.1 Å². The van der Waals surface area contributed by atoms with Crippen molar-refractivity contribution in [3.8, 4) is 11.5 Å². The lowest BCUT2D eigenvalue weighted by molar-refractivity contribution is -0.135. The molecule has 0 saturated carbocycles. The van der Waals surface area contributed by atoms with Crippen LogP contribution in [0.1, 0.15) is 20.8 Å². The first-order chi connectivity index (χ1) is 13.7. The van der Waals surface area contributed by atoms with Gasteiger partial charge in [-0.15, -0.1) is 0 Å². The fourth-order valence-corrected chi connectivity index (χ4v) is 2.46. The number of ether oxygens (including phenoxy) is 2. The lowest BCUT2D eigenvalue weighted by Gasteiger charge is -2.23. The number of hydrogen-bond acceptors (Lipinski definition) is 5. The summed E-state index contributed by atoms with van der Waals surface area (Å²) in [6.07, 6.45) is 0. The van der Waals surface area contributed by atoms with Gasteiger partial charge < -0.3 is 25.4 Å². The smallest absolute Gasteiger partial charge is 0.239 e. The van der Waals surface area contributed by atoms with Crippen LogP contribution in [0, 0.1) is 5.41 Å². The predicted octanol–water partition coefficient (Wildman–Crippen LogP) is 3.27. The highest BCUT2D eigenvalue weighted by atomic mass is 16.5. The van der Waals surface area contributed by atoms with Gasteiger partial charge >= 0.3 is 0 Å². The van der Waals surface area contributed by atoms with Crippen molar-refractivity contribution in [3.05, 3.63) is 42.5 Å². The average molecular weight is 399 g/mol. The van der Waals surface area contributed by atoms with Gasteiger partial charge in [-0.2, -0.15) is 0 Å². The van der Waals surface area contributed by atoms with Crippen molar-refractivity contribution in [2.24, 2.45) is 5.41 Å². The number of amides is 3. The van der Waals surface area contributed by atoms with Crippen LogP contribution in [0.15, 0.2) is 42.5 Å². The van der Waals surface area contributed by atoms with E-state index in [0.717, 1.165) is 0 Å². The number of carbonyl (C=O) groups is 3. The minimum Gasteiger partial charge on any atom is -0.497 e. The molecule has 0 aliphatic heterocycles. The van der Waals surface area contributed by atoms with Crippen molar-refractivity contribution in [3.63, 3.8) is 0 Å².